The maximum Gasteiger partial charge on any atom is 0.222 e. The van der Waals surface area contributed by atoms with Crippen molar-refractivity contribution in [2.75, 3.05) is 6.54 Å². The second-order valence-electron chi connectivity index (χ2n) is 3.67. The molecule has 15 heavy (non-hydrogen) atoms. The molecule has 1 amide bonds. The van der Waals surface area contributed by atoms with Crippen LogP contribution in [-0.4, -0.2) is 17.4 Å². The molecule has 3 nitrogen and oxygen atoms in total. The molecule has 3 heteroatoms. The molecule has 0 unspecified atom stereocenters. The summed E-state index contributed by atoms with van der Waals surface area (Å²) < 4.78 is 0. The summed E-state index contributed by atoms with van der Waals surface area (Å²) in [5.41, 5.74) is 1.02. The summed E-state index contributed by atoms with van der Waals surface area (Å²) in [6, 6.07) is 5.81. The van der Waals surface area contributed by atoms with Crippen molar-refractivity contribution in [3.63, 3.8) is 0 Å². The quantitative estimate of drug-likeness (QED) is 0.798. The third-order valence-corrected chi connectivity index (χ3v) is 2.47. The number of hydrogen-bond donors (Lipinski definition) is 1. The van der Waals surface area contributed by atoms with Gasteiger partial charge in [-0.2, -0.15) is 0 Å². The minimum Gasteiger partial charge on any atom is -0.355 e. The number of aromatic nitrogens is 1. The molecule has 1 heterocycles. The first-order valence-electron chi connectivity index (χ1n) is 5.41. The number of nitrogens with zero attached hydrogens (tertiary/aromatic N) is 1. The molecule has 0 bridgehead atoms. The van der Waals surface area contributed by atoms with Gasteiger partial charge in [0.2, 0.25) is 5.91 Å². The van der Waals surface area contributed by atoms with Gasteiger partial charge in [0.15, 0.2) is 0 Å². The molecule has 0 radical (unpaired) electrons. The molecule has 1 atom stereocenters. The summed E-state index contributed by atoms with van der Waals surface area (Å²) >= 11 is 0. The molecule has 0 fully saturated rings. The zero-order valence-corrected chi connectivity index (χ0v) is 9.36. The fraction of sp³-hybridized carbons (Fsp3) is 0.500. The molecule has 1 N–H and O–H groups in total. The van der Waals surface area contributed by atoms with E-state index in [-0.39, 0.29) is 11.8 Å². The molecular formula is C12H18N2O. The Morgan fingerprint density at radius 3 is 2.93 bits per heavy atom. The van der Waals surface area contributed by atoms with Crippen molar-refractivity contribution in [3.8, 4) is 0 Å². The molecule has 0 aliphatic rings. The van der Waals surface area contributed by atoms with Crippen LogP contribution in [0.25, 0.3) is 0 Å². The second-order valence-corrected chi connectivity index (χ2v) is 3.67. The van der Waals surface area contributed by atoms with Crippen molar-refractivity contribution in [1.29, 1.82) is 0 Å². The molecule has 1 aromatic heterocycles. The van der Waals surface area contributed by atoms with Crippen LogP contribution >= 0.6 is 0 Å². The first-order chi connectivity index (χ1) is 7.24. The van der Waals surface area contributed by atoms with Gasteiger partial charge in [-0.25, -0.2) is 0 Å². The average Bonchev–Trinajstić information content (AvgIpc) is 2.29. The Bertz CT molecular complexity index is 298. The van der Waals surface area contributed by atoms with Crippen molar-refractivity contribution in [3.05, 3.63) is 30.1 Å². The Balaban J connectivity index is 2.25. The van der Waals surface area contributed by atoms with Crippen molar-refractivity contribution >= 4 is 5.91 Å². The number of pyridine rings is 1. The van der Waals surface area contributed by atoms with Crippen molar-refractivity contribution < 1.29 is 4.79 Å². The lowest BCUT2D eigenvalue weighted by Crippen LogP contribution is -2.30. The lowest BCUT2D eigenvalue weighted by atomic mass is 10.1. The zero-order chi connectivity index (χ0) is 11.1. The van der Waals surface area contributed by atoms with E-state index in [0.717, 1.165) is 18.5 Å². The summed E-state index contributed by atoms with van der Waals surface area (Å²) in [6.45, 7) is 4.62. The highest BCUT2D eigenvalue weighted by Gasteiger charge is 2.08. The molecule has 0 aliphatic carbocycles. The Kier molecular flexibility index (Phi) is 4.81. The molecular weight excluding hydrogens is 188 g/mol. The van der Waals surface area contributed by atoms with Crippen LogP contribution in [0.1, 0.15) is 26.0 Å². The molecule has 0 aliphatic heterocycles. The largest absolute Gasteiger partial charge is 0.355 e. The number of carbonyl (C=O) groups is 1. The molecule has 0 aromatic carbocycles. The van der Waals surface area contributed by atoms with E-state index in [0.29, 0.717) is 6.54 Å². The van der Waals surface area contributed by atoms with E-state index < -0.39 is 0 Å². The second kappa shape index (κ2) is 6.17. The lowest BCUT2D eigenvalue weighted by Gasteiger charge is -2.09. The highest BCUT2D eigenvalue weighted by molar-refractivity contribution is 5.78. The van der Waals surface area contributed by atoms with Crippen LogP contribution in [0.2, 0.25) is 0 Å². The predicted octanol–water partition coefficient (Wildman–Crippen LogP) is 1.79. The van der Waals surface area contributed by atoms with E-state index in [1.54, 1.807) is 6.20 Å². The van der Waals surface area contributed by atoms with Gasteiger partial charge >= 0.3 is 0 Å². The molecule has 82 valence electrons. The summed E-state index contributed by atoms with van der Waals surface area (Å²) in [5, 5.41) is 2.90. The summed E-state index contributed by atoms with van der Waals surface area (Å²) in [5.74, 6) is 0.238. The normalized spacial score (nSPS) is 12.1. The third kappa shape index (κ3) is 4.11. The Morgan fingerprint density at radius 1 is 1.53 bits per heavy atom. The fourth-order valence-electron chi connectivity index (χ4n) is 1.22. The molecule has 0 saturated carbocycles. The highest BCUT2D eigenvalue weighted by atomic mass is 16.1. The first kappa shape index (κ1) is 11.7. The van der Waals surface area contributed by atoms with Crippen molar-refractivity contribution in [2.45, 2.75) is 26.7 Å². The van der Waals surface area contributed by atoms with E-state index >= 15 is 0 Å². The number of carbonyl (C=O) groups excluding carboxylic acids is 1. The SMILES string of the molecule is CC[C@@H](C)C(=O)NCCc1ccccn1. The Morgan fingerprint density at radius 2 is 2.33 bits per heavy atom. The van der Waals surface area contributed by atoms with E-state index in [1.165, 1.54) is 0 Å². The van der Waals surface area contributed by atoms with Crippen LogP contribution in [0, 0.1) is 5.92 Å². The summed E-state index contributed by atoms with van der Waals surface area (Å²) in [4.78, 5) is 15.6. The van der Waals surface area contributed by atoms with Crippen LogP contribution in [0.5, 0.6) is 0 Å². The van der Waals surface area contributed by atoms with Gasteiger partial charge in [-0.3, -0.25) is 9.78 Å². The van der Waals surface area contributed by atoms with Crippen LogP contribution in [0.4, 0.5) is 0 Å². The lowest BCUT2D eigenvalue weighted by molar-refractivity contribution is -0.124. The number of amides is 1. The van der Waals surface area contributed by atoms with E-state index in [4.69, 9.17) is 0 Å². The van der Waals surface area contributed by atoms with Gasteiger partial charge < -0.3 is 5.32 Å². The van der Waals surface area contributed by atoms with E-state index in [1.807, 2.05) is 32.0 Å². The van der Waals surface area contributed by atoms with Gasteiger partial charge in [0.25, 0.3) is 0 Å². The molecule has 1 aromatic rings. The topological polar surface area (TPSA) is 42.0 Å². The maximum atomic E-state index is 11.4. The molecule has 0 spiro atoms. The van der Waals surface area contributed by atoms with Crippen molar-refractivity contribution in [2.24, 2.45) is 5.92 Å². The third-order valence-electron chi connectivity index (χ3n) is 2.47. The molecule has 1 rings (SSSR count). The smallest absolute Gasteiger partial charge is 0.222 e. The molecule has 0 saturated heterocycles. The Labute approximate surface area is 90.9 Å². The van der Waals surface area contributed by atoms with Gasteiger partial charge in [0, 0.05) is 30.8 Å². The van der Waals surface area contributed by atoms with Crippen molar-refractivity contribution in [1.82, 2.24) is 10.3 Å². The summed E-state index contributed by atoms with van der Waals surface area (Å²) in [6.07, 6.45) is 3.45. The number of hydrogen-bond acceptors (Lipinski definition) is 2. The van der Waals surface area contributed by atoms with Gasteiger partial charge in [0.05, 0.1) is 0 Å². The Hall–Kier alpha value is -1.38. The van der Waals surface area contributed by atoms with Crippen LogP contribution in [0.3, 0.4) is 0 Å². The van der Waals surface area contributed by atoms with E-state index in [9.17, 15) is 4.79 Å². The van der Waals surface area contributed by atoms with Crippen LogP contribution < -0.4 is 5.32 Å². The van der Waals surface area contributed by atoms with Gasteiger partial charge in [-0.05, 0) is 18.6 Å². The number of nitrogens with one attached hydrogen (secondary N) is 1. The zero-order valence-electron chi connectivity index (χ0n) is 9.36. The standard InChI is InChI=1S/C12H18N2O/c1-3-10(2)12(15)14-9-7-11-6-4-5-8-13-11/h4-6,8,10H,3,7,9H2,1-2H3,(H,14,15)/t10-/m1/s1. The number of rotatable bonds is 5. The maximum absolute atomic E-state index is 11.4. The van der Waals surface area contributed by atoms with Gasteiger partial charge in [0.1, 0.15) is 0 Å². The first-order valence-corrected chi connectivity index (χ1v) is 5.41. The highest BCUT2D eigenvalue weighted by Crippen LogP contribution is 2.00. The van der Waals surface area contributed by atoms with Crippen LogP contribution in [0.15, 0.2) is 24.4 Å². The minimum absolute atomic E-state index is 0.105. The van der Waals surface area contributed by atoms with Gasteiger partial charge in [-0.15, -0.1) is 0 Å². The summed E-state index contributed by atoms with van der Waals surface area (Å²) in [7, 11) is 0. The average molecular weight is 206 g/mol. The minimum atomic E-state index is 0.105. The predicted molar refractivity (Wildman–Crippen MR) is 60.4 cm³/mol. The monoisotopic (exact) mass is 206 g/mol. The van der Waals surface area contributed by atoms with E-state index in [2.05, 4.69) is 10.3 Å². The van der Waals surface area contributed by atoms with Crippen LogP contribution in [-0.2, 0) is 11.2 Å². The van der Waals surface area contributed by atoms with Gasteiger partial charge in [-0.1, -0.05) is 19.9 Å². The fourth-order valence-corrected chi connectivity index (χ4v) is 1.22.